The Balaban J connectivity index is 1.66. The normalized spacial score (nSPS) is 15.1. The molecule has 1 N–H and O–H groups in total. The first-order chi connectivity index (χ1) is 13.9. The monoisotopic (exact) mass is 410 g/mol. The average molecular weight is 411 g/mol. The fourth-order valence-electron chi connectivity index (χ4n) is 3.07. The molecule has 1 aliphatic heterocycles. The Hall–Kier alpha value is -2.73. The van der Waals surface area contributed by atoms with Gasteiger partial charge in [0.15, 0.2) is 0 Å². The smallest absolute Gasteiger partial charge is 0.236 e. The van der Waals surface area contributed by atoms with Gasteiger partial charge in [-0.15, -0.1) is 18.3 Å². The first-order valence-electron chi connectivity index (χ1n) is 9.52. The van der Waals surface area contributed by atoms with Gasteiger partial charge in [0.05, 0.1) is 16.9 Å². The predicted octanol–water partition coefficient (Wildman–Crippen LogP) is 4.50. The second-order valence-electron chi connectivity index (χ2n) is 7.59. The molecule has 0 saturated heterocycles. The molecule has 0 atom stereocenters. The van der Waals surface area contributed by atoms with Crippen LogP contribution >= 0.6 is 11.8 Å². The lowest BCUT2D eigenvalue weighted by atomic mass is 9.93. The fourth-order valence-corrected chi connectivity index (χ4v) is 3.86. The van der Waals surface area contributed by atoms with Crippen LogP contribution in [0.15, 0.2) is 61.2 Å². The Labute approximate surface area is 176 Å². The van der Waals surface area contributed by atoms with Crippen molar-refractivity contribution in [1.29, 1.82) is 0 Å². The molecular formula is C23H26N2O3S. The fraction of sp³-hybridized carbons (Fsp3) is 0.304. The van der Waals surface area contributed by atoms with E-state index >= 15 is 0 Å². The molecule has 2 aromatic carbocycles. The van der Waals surface area contributed by atoms with Crippen molar-refractivity contribution in [3.8, 4) is 5.75 Å². The minimum absolute atomic E-state index is 0.00903. The zero-order chi connectivity index (χ0) is 20.9. The number of ether oxygens (including phenoxy) is 1. The van der Waals surface area contributed by atoms with Gasteiger partial charge in [-0.25, -0.2) is 0 Å². The van der Waals surface area contributed by atoms with Crippen LogP contribution < -0.4 is 15.0 Å². The van der Waals surface area contributed by atoms with Crippen molar-refractivity contribution in [2.75, 3.05) is 29.1 Å². The van der Waals surface area contributed by atoms with Gasteiger partial charge >= 0.3 is 0 Å². The predicted molar refractivity (Wildman–Crippen MR) is 120 cm³/mol. The van der Waals surface area contributed by atoms with Crippen LogP contribution in [0.25, 0.3) is 0 Å². The molecule has 0 spiro atoms. The molecule has 0 unspecified atom stereocenters. The largest absolute Gasteiger partial charge is 0.490 e. The highest BCUT2D eigenvalue weighted by atomic mass is 32.2. The number of hydrogen-bond acceptors (Lipinski definition) is 4. The molecule has 3 rings (SSSR count). The first kappa shape index (κ1) is 21.0. The highest BCUT2D eigenvalue weighted by molar-refractivity contribution is 7.99. The van der Waals surface area contributed by atoms with E-state index in [0.717, 1.165) is 5.75 Å². The molecule has 5 nitrogen and oxygen atoms in total. The number of nitrogens with zero attached hydrogens (tertiary/aromatic N) is 1. The summed E-state index contributed by atoms with van der Waals surface area (Å²) in [6.07, 6.45) is 1.70. The third-order valence-corrected chi connectivity index (χ3v) is 5.61. The molecule has 2 aromatic rings. The van der Waals surface area contributed by atoms with E-state index in [4.69, 9.17) is 4.74 Å². The van der Waals surface area contributed by atoms with Gasteiger partial charge in [-0.2, -0.15) is 0 Å². The number of rotatable bonds is 7. The van der Waals surface area contributed by atoms with Gasteiger partial charge in [0.1, 0.15) is 12.4 Å². The van der Waals surface area contributed by atoms with E-state index in [1.54, 1.807) is 34.9 Å². The van der Waals surface area contributed by atoms with Crippen LogP contribution in [0.3, 0.4) is 0 Å². The molecular weight excluding hydrogens is 384 g/mol. The van der Waals surface area contributed by atoms with Crippen LogP contribution in [0.1, 0.15) is 19.4 Å². The molecule has 0 radical (unpaired) electrons. The lowest BCUT2D eigenvalue weighted by Crippen LogP contribution is -2.42. The van der Waals surface area contributed by atoms with E-state index in [9.17, 15) is 9.59 Å². The Bertz CT molecular complexity index is 896. The molecule has 1 heterocycles. The lowest BCUT2D eigenvalue weighted by Gasteiger charge is -2.27. The van der Waals surface area contributed by atoms with Gasteiger partial charge in [-0.1, -0.05) is 36.4 Å². The quantitative estimate of drug-likeness (QED) is 0.683. The summed E-state index contributed by atoms with van der Waals surface area (Å²) in [7, 11) is 0. The summed E-state index contributed by atoms with van der Waals surface area (Å²) < 4.78 is 5.92. The number of amides is 2. The van der Waals surface area contributed by atoms with Crippen LogP contribution in [0.5, 0.6) is 5.75 Å². The van der Waals surface area contributed by atoms with E-state index in [-0.39, 0.29) is 18.4 Å². The summed E-state index contributed by atoms with van der Waals surface area (Å²) >= 11 is 1.57. The topological polar surface area (TPSA) is 58.6 Å². The van der Waals surface area contributed by atoms with Gasteiger partial charge in [0, 0.05) is 24.1 Å². The molecule has 1 aliphatic rings. The molecule has 0 aliphatic carbocycles. The number of thioether (sulfide) groups is 1. The number of nitrogens with one attached hydrogen (secondary N) is 1. The molecule has 0 saturated carbocycles. The third kappa shape index (κ3) is 5.21. The summed E-state index contributed by atoms with van der Waals surface area (Å²) in [5, 5.41) is 2.91. The number of fused-ring (bicyclic) bond motifs is 1. The SMILES string of the molecule is C=CCN1C(=O)C(C)(C)COc2cc(NC(=O)CSCc3ccccc3)ccc21. The maximum Gasteiger partial charge on any atom is 0.236 e. The van der Waals surface area contributed by atoms with Gasteiger partial charge < -0.3 is 15.0 Å². The van der Waals surface area contributed by atoms with Crippen LogP contribution in [-0.4, -0.2) is 30.7 Å². The molecule has 6 heteroatoms. The maximum atomic E-state index is 12.8. The van der Waals surface area contributed by atoms with E-state index in [1.807, 2.05) is 50.2 Å². The van der Waals surface area contributed by atoms with E-state index in [2.05, 4.69) is 11.9 Å². The second-order valence-corrected chi connectivity index (χ2v) is 8.57. The number of hydrogen-bond donors (Lipinski definition) is 1. The summed E-state index contributed by atoms with van der Waals surface area (Å²) in [6, 6.07) is 15.4. The van der Waals surface area contributed by atoms with Crippen molar-refractivity contribution >= 4 is 35.0 Å². The van der Waals surface area contributed by atoms with E-state index < -0.39 is 5.41 Å². The Kier molecular flexibility index (Phi) is 6.64. The minimum atomic E-state index is -0.639. The second kappa shape index (κ2) is 9.18. The summed E-state index contributed by atoms with van der Waals surface area (Å²) in [5.74, 6) is 1.65. The summed E-state index contributed by atoms with van der Waals surface area (Å²) in [5.41, 5.74) is 1.90. The summed E-state index contributed by atoms with van der Waals surface area (Å²) in [4.78, 5) is 26.8. The number of carbonyl (C=O) groups is 2. The van der Waals surface area contributed by atoms with Gasteiger partial charge in [-0.05, 0) is 31.5 Å². The molecule has 0 bridgehead atoms. The highest BCUT2D eigenvalue weighted by Gasteiger charge is 2.37. The lowest BCUT2D eigenvalue weighted by molar-refractivity contribution is -0.127. The number of carbonyl (C=O) groups excluding carboxylic acids is 2. The minimum Gasteiger partial charge on any atom is -0.490 e. The Morgan fingerprint density at radius 2 is 2.03 bits per heavy atom. The van der Waals surface area contributed by atoms with E-state index in [0.29, 0.717) is 29.4 Å². The average Bonchev–Trinajstić information content (AvgIpc) is 2.79. The van der Waals surface area contributed by atoms with Crippen molar-refractivity contribution in [3.05, 3.63) is 66.7 Å². The third-order valence-electron chi connectivity index (χ3n) is 4.60. The zero-order valence-electron chi connectivity index (χ0n) is 16.8. The van der Waals surface area contributed by atoms with Crippen LogP contribution in [0.4, 0.5) is 11.4 Å². The van der Waals surface area contributed by atoms with Gasteiger partial charge in [0.2, 0.25) is 11.8 Å². The van der Waals surface area contributed by atoms with Gasteiger partial charge in [0.25, 0.3) is 0 Å². The first-order valence-corrected chi connectivity index (χ1v) is 10.7. The zero-order valence-corrected chi connectivity index (χ0v) is 17.6. The molecule has 29 heavy (non-hydrogen) atoms. The van der Waals surface area contributed by atoms with Crippen molar-refractivity contribution in [1.82, 2.24) is 0 Å². The van der Waals surface area contributed by atoms with Crippen LogP contribution in [0.2, 0.25) is 0 Å². The van der Waals surface area contributed by atoms with E-state index in [1.165, 1.54) is 5.56 Å². The molecule has 152 valence electrons. The van der Waals surface area contributed by atoms with Crippen molar-refractivity contribution in [2.45, 2.75) is 19.6 Å². The Morgan fingerprint density at radius 1 is 1.28 bits per heavy atom. The highest BCUT2D eigenvalue weighted by Crippen LogP contribution is 2.38. The van der Waals surface area contributed by atoms with Crippen LogP contribution in [-0.2, 0) is 15.3 Å². The standard InChI is InChI=1S/C23H26N2O3S/c1-4-12-25-19-11-10-18(13-20(19)28-16-23(2,3)22(25)27)24-21(26)15-29-14-17-8-6-5-7-9-17/h4-11,13H,1,12,14-16H2,2-3H3,(H,24,26). The Morgan fingerprint density at radius 3 is 2.76 bits per heavy atom. The molecule has 2 amide bonds. The summed E-state index contributed by atoms with van der Waals surface area (Å²) in [6.45, 7) is 8.16. The van der Waals surface area contributed by atoms with Crippen molar-refractivity contribution < 1.29 is 14.3 Å². The number of anilines is 2. The van der Waals surface area contributed by atoms with Crippen molar-refractivity contribution in [3.63, 3.8) is 0 Å². The molecule has 0 fully saturated rings. The molecule has 0 aromatic heterocycles. The maximum absolute atomic E-state index is 12.8. The van der Waals surface area contributed by atoms with Crippen LogP contribution in [0, 0.1) is 5.41 Å². The number of benzene rings is 2. The van der Waals surface area contributed by atoms with Crippen molar-refractivity contribution in [2.24, 2.45) is 5.41 Å². The van der Waals surface area contributed by atoms with Gasteiger partial charge in [-0.3, -0.25) is 9.59 Å².